The number of carbonyl (C=O) groups excluding carboxylic acids is 2. The number of anilines is 1. The summed E-state index contributed by atoms with van der Waals surface area (Å²) in [5.41, 5.74) is 1.02. The fraction of sp³-hybridized carbons (Fsp3) is 0.211. The third kappa shape index (κ3) is 4.68. The largest absolute Gasteiger partial charge is 0.492 e. The molecule has 1 aromatic carbocycles. The van der Waals surface area contributed by atoms with E-state index in [1.807, 2.05) is 6.92 Å². The number of esters is 1. The number of aryl methyl sites for hydroxylation is 1. The molecule has 0 aliphatic rings. The first-order valence-electron chi connectivity index (χ1n) is 8.52. The van der Waals surface area contributed by atoms with Crippen molar-refractivity contribution in [3.8, 4) is 16.6 Å². The average molecular weight is 398 g/mol. The number of para-hydroxylation sites is 2. The standard InChI is InChI=1S/C19H18N4O4S/c1-3-26-14-8-5-4-7-13(14)23-15(24)11-27-19(25)16-12(2)22-18(28-16)17-20-9-6-10-21-17/h4-10H,3,11H2,1-2H3,(H,23,24). The summed E-state index contributed by atoms with van der Waals surface area (Å²) in [6.45, 7) is 3.60. The molecule has 1 N–H and O–H groups in total. The van der Waals surface area contributed by atoms with E-state index in [1.54, 1.807) is 49.6 Å². The Morgan fingerprint density at radius 2 is 1.89 bits per heavy atom. The lowest BCUT2D eigenvalue weighted by atomic mass is 10.3. The molecule has 0 bridgehead atoms. The van der Waals surface area contributed by atoms with Crippen LogP contribution in [0.4, 0.5) is 5.69 Å². The van der Waals surface area contributed by atoms with Crippen LogP contribution in [-0.4, -0.2) is 40.0 Å². The molecule has 3 aromatic rings. The number of nitrogens with zero attached hydrogens (tertiary/aromatic N) is 3. The maximum atomic E-state index is 12.3. The van der Waals surface area contributed by atoms with Crippen molar-refractivity contribution in [3.05, 3.63) is 53.3 Å². The van der Waals surface area contributed by atoms with Gasteiger partial charge in [0.25, 0.3) is 5.91 Å². The Hall–Kier alpha value is -3.33. The number of hydrogen-bond acceptors (Lipinski definition) is 8. The number of ether oxygens (including phenoxy) is 2. The summed E-state index contributed by atoms with van der Waals surface area (Å²) >= 11 is 1.12. The van der Waals surface area contributed by atoms with Gasteiger partial charge in [-0.15, -0.1) is 11.3 Å². The van der Waals surface area contributed by atoms with Crippen LogP contribution in [0.5, 0.6) is 5.75 Å². The highest BCUT2D eigenvalue weighted by atomic mass is 32.1. The van der Waals surface area contributed by atoms with E-state index in [0.29, 0.717) is 39.4 Å². The second-order valence-corrected chi connectivity index (χ2v) is 6.56. The molecule has 1 amide bonds. The van der Waals surface area contributed by atoms with Gasteiger partial charge in [-0.2, -0.15) is 0 Å². The van der Waals surface area contributed by atoms with E-state index in [1.165, 1.54) is 0 Å². The maximum absolute atomic E-state index is 12.3. The minimum atomic E-state index is -0.620. The minimum Gasteiger partial charge on any atom is -0.492 e. The predicted molar refractivity (Wildman–Crippen MR) is 104 cm³/mol. The van der Waals surface area contributed by atoms with Gasteiger partial charge in [0.15, 0.2) is 17.4 Å². The van der Waals surface area contributed by atoms with Crippen molar-refractivity contribution in [2.45, 2.75) is 13.8 Å². The van der Waals surface area contributed by atoms with Crippen LogP contribution >= 0.6 is 11.3 Å². The zero-order valence-electron chi connectivity index (χ0n) is 15.3. The third-order valence-electron chi connectivity index (χ3n) is 3.53. The first kappa shape index (κ1) is 19.4. The number of hydrogen-bond donors (Lipinski definition) is 1. The van der Waals surface area contributed by atoms with Gasteiger partial charge in [-0.1, -0.05) is 12.1 Å². The lowest BCUT2D eigenvalue weighted by molar-refractivity contribution is -0.119. The van der Waals surface area contributed by atoms with Gasteiger partial charge in [-0.25, -0.2) is 19.7 Å². The van der Waals surface area contributed by atoms with Crippen molar-refractivity contribution in [3.63, 3.8) is 0 Å². The predicted octanol–water partition coefficient (Wildman–Crippen LogP) is 3.10. The Bertz CT molecular complexity index is 975. The van der Waals surface area contributed by atoms with Gasteiger partial charge in [-0.3, -0.25) is 4.79 Å². The maximum Gasteiger partial charge on any atom is 0.350 e. The summed E-state index contributed by atoms with van der Waals surface area (Å²) in [6, 6.07) is 8.74. The SMILES string of the molecule is CCOc1ccccc1NC(=O)COC(=O)c1sc(-c2ncccn2)nc1C. The van der Waals surface area contributed by atoms with Crippen molar-refractivity contribution >= 4 is 28.9 Å². The second-order valence-electron chi connectivity index (χ2n) is 5.56. The van der Waals surface area contributed by atoms with Crippen molar-refractivity contribution in [2.75, 3.05) is 18.5 Å². The van der Waals surface area contributed by atoms with Crippen molar-refractivity contribution in [1.82, 2.24) is 15.0 Å². The molecule has 0 aliphatic carbocycles. The summed E-state index contributed by atoms with van der Waals surface area (Å²) in [6.07, 6.45) is 3.20. The molecule has 0 atom stereocenters. The lowest BCUT2D eigenvalue weighted by Crippen LogP contribution is -2.21. The van der Waals surface area contributed by atoms with Gasteiger partial charge < -0.3 is 14.8 Å². The lowest BCUT2D eigenvalue weighted by Gasteiger charge is -2.11. The molecule has 0 saturated carbocycles. The minimum absolute atomic E-state index is 0.310. The Labute approximate surface area is 165 Å². The molecule has 0 fully saturated rings. The van der Waals surface area contributed by atoms with Crippen LogP contribution in [0, 0.1) is 6.92 Å². The first-order chi connectivity index (χ1) is 13.6. The first-order valence-corrected chi connectivity index (χ1v) is 9.33. The molecule has 9 heteroatoms. The zero-order chi connectivity index (χ0) is 19.9. The topological polar surface area (TPSA) is 103 Å². The van der Waals surface area contributed by atoms with E-state index in [9.17, 15) is 9.59 Å². The fourth-order valence-electron chi connectivity index (χ4n) is 2.33. The highest BCUT2D eigenvalue weighted by molar-refractivity contribution is 7.16. The zero-order valence-corrected chi connectivity index (χ0v) is 16.2. The van der Waals surface area contributed by atoms with E-state index in [2.05, 4.69) is 20.3 Å². The van der Waals surface area contributed by atoms with Crippen LogP contribution in [-0.2, 0) is 9.53 Å². The Balaban J connectivity index is 1.62. The van der Waals surface area contributed by atoms with Crippen LogP contribution in [0.15, 0.2) is 42.7 Å². The van der Waals surface area contributed by atoms with E-state index in [0.717, 1.165) is 11.3 Å². The molecule has 0 spiro atoms. The summed E-state index contributed by atoms with van der Waals surface area (Å²) in [7, 11) is 0. The van der Waals surface area contributed by atoms with Crippen molar-refractivity contribution in [1.29, 1.82) is 0 Å². The van der Waals surface area contributed by atoms with Crippen LogP contribution in [0.1, 0.15) is 22.3 Å². The Morgan fingerprint density at radius 1 is 1.14 bits per heavy atom. The third-order valence-corrected chi connectivity index (χ3v) is 4.67. The average Bonchev–Trinajstić information content (AvgIpc) is 3.10. The smallest absolute Gasteiger partial charge is 0.350 e. The van der Waals surface area contributed by atoms with Gasteiger partial charge >= 0.3 is 5.97 Å². The van der Waals surface area contributed by atoms with Gasteiger partial charge in [0.2, 0.25) is 0 Å². The molecule has 0 aliphatic heterocycles. The molecule has 0 saturated heterocycles. The number of carbonyl (C=O) groups is 2. The van der Waals surface area contributed by atoms with Gasteiger partial charge in [0.1, 0.15) is 10.6 Å². The molecule has 2 heterocycles. The van der Waals surface area contributed by atoms with Crippen molar-refractivity contribution in [2.24, 2.45) is 0 Å². The Kier molecular flexibility index (Phi) is 6.28. The second kappa shape index (κ2) is 9.05. The molecule has 144 valence electrons. The number of benzene rings is 1. The summed E-state index contributed by atoms with van der Waals surface area (Å²) in [5.74, 6) is -0.102. The Morgan fingerprint density at radius 3 is 2.64 bits per heavy atom. The molecule has 3 rings (SSSR count). The summed E-state index contributed by atoms with van der Waals surface area (Å²) < 4.78 is 10.6. The van der Waals surface area contributed by atoms with E-state index in [-0.39, 0.29) is 0 Å². The fourth-order valence-corrected chi connectivity index (χ4v) is 3.23. The number of nitrogens with one attached hydrogen (secondary N) is 1. The van der Waals surface area contributed by atoms with Gasteiger partial charge in [0, 0.05) is 12.4 Å². The number of thiazole rings is 1. The van der Waals surface area contributed by atoms with Crippen LogP contribution in [0.3, 0.4) is 0 Å². The molecule has 2 aromatic heterocycles. The number of rotatable bonds is 7. The molecule has 0 radical (unpaired) electrons. The van der Waals surface area contributed by atoms with E-state index < -0.39 is 18.5 Å². The molecule has 8 nitrogen and oxygen atoms in total. The highest BCUT2D eigenvalue weighted by Crippen LogP contribution is 2.26. The molecular weight excluding hydrogens is 380 g/mol. The monoisotopic (exact) mass is 398 g/mol. The van der Waals surface area contributed by atoms with Crippen LogP contribution in [0.2, 0.25) is 0 Å². The number of aromatic nitrogens is 3. The van der Waals surface area contributed by atoms with E-state index in [4.69, 9.17) is 9.47 Å². The normalized spacial score (nSPS) is 10.4. The summed E-state index contributed by atoms with van der Waals surface area (Å²) in [5, 5.41) is 3.19. The molecule has 0 unspecified atom stereocenters. The van der Waals surface area contributed by atoms with Crippen molar-refractivity contribution < 1.29 is 19.1 Å². The van der Waals surface area contributed by atoms with E-state index >= 15 is 0 Å². The van der Waals surface area contributed by atoms with Gasteiger partial charge in [-0.05, 0) is 32.0 Å². The quantitative estimate of drug-likeness (QED) is 0.610. The molecule has 28 heavy (non-hydrogen) atoms. The van der Waals surface area contributed by atoms with Gasteiger partial charge in [0.05, 0.1) is 18.0 Å². The summed E-state index contributed by atoms with van der Waals surface area (Å²) in [4.78, 5) is 37.3. The highest BCUT2D eigenvalue weighted by Gasteiger charge is 2.20. The number of amides is 1. The van der Waals surface area contributed by atoms with Crippen LogP contribution < -0.4 is 10.1 Å². The van der Waals surface area contributed by atoms with Crippen LogP contribution in [0.25, 0.3) is 10.8 Å². The molecular formula is C19H18N4O4S.